The van der Waals surface area contributed by atoms with E-state index in [1.807, 2.05) is 0 Å². The van der Waals surface area contributed by atoms with Crippen LogP contribution in [0, 0.1) is 0 Å². The number of aromatic nitrogens is 2. The fraction of sp³-hybridized carbons (Fsp3) is 0.714. The van der Waals surface area contributed by atoms with Gasteiger partial charge in [0, 0.05) is 40.4 Å². The van der Waals surface area contributed by atoms with Crippen LogP contribution in [0.1, 0.15) is 25.0 Å². The van der Waals surface area contributed by atoms with Gasteiger partial charge in [0.05, 0.1) is 6.10 Å². The Kier molecular flexibility index (Phi) is 5.10. The van der Waals surface area contributed by atoms with Crippen molar-refractivity contribution in [3.63, 3.8) is 0 Å². The number of anilines is 2. The van der Waals surface area contributed by atoms with E-state index in [0.717, 1.165) is 25.3 Å². The Labute approximate surface area is 128 Å². The molecular formula is C14H21F3N4O. The number of likely N-dealkylation sites (N-methyl/N-ethyl adjacent to an activating group) is 1. The van der Waals surface area contributed by atoms with Crippen molar-refractivity contribution in [3.05, 3.63) is 11.8 Å². The molecule has 5 nitrogen and oxygen atoms in total. The normalized spacial score (nSPS) is 19.1. The van der Waals surface area contributed by atoms with Gasteiger partial charge in [-0.1, -0.05) is 0 Å². The van der Waals surface area contributed by atoms with E-state index in [2.05, 4.69) is 9.97 Å². The van der Waals surface area contributed by atoms with Crippen LogP contribution < -0.4 is 9.80 Å². The predicted octanol–water partition coefficient (Wildman–Crippen LogP) is 2.57. The van der Waals surface area contributed by atoms with Crippen molar-refractivity contribution in [3.8, 4) is 0 Å². The Morgan fingerprint density at radius 2 is 1.95 bits per heavy atom. The minimum absolute atomic E-state index is 0.0136. The molecule has 0 N–H and O–H groups in total. The summed E-state index contributed by atoms with van der Waals surface area (Å²) in [5, 5.41) is 0. The van der Waals surface area contributed by atoms with Crippen LogP contribution in [0.5, 0.6) is 0 Å². The summed E-state index contributed by atoms with van der Waals surface area (Å²) < 4.78 is 44.6. The van der Waals surface area contributed by atoms with Crippen LogP contribution in [-0.2, 0) is 10.9 Å². The van der Waals surface area contributed by atoms with Crippen LogP contribution in [0.3, 0.4) is 0 Å². The van der Waals surface area contributed by atoms with Gasteiger partial charge in [-0.25, -0.2) is 4.98 Å². The molecule has 1 atom stereocenters. The quantitative estimate of drug-likeness (QED) is 0.853. The third-order valence-electron chi connectivity index (χ3n) is 3.54. The topological polar surface area (TPSA) is 41.5 Å². The zero-order valence-corrected chi connectivity index (χ0v) is 13.0. The van der Waals surface area contributed by atoms with Gasteiger partial charge < -0.3 is 14.5 Å². The van der Waals surface area contributed by atoms with Crippen LogP contribution in [-0.4, -0.2) is 50.4 Å². The summed E-state index contributed by atoms with van der Waals surface area (Å²) in [5.41, 5.74) is -0.933. The summed E-state index contributed by atoms with van der Waals surface area (Å²) in [5.74, 6) is 0.293. The maximum atomic E-state index is 13.0. The molecule has 0 radical (unpaired) electrons. The van der Waals surface area contributed by atoms with Crippen molar-refractivity contribution in [2.45, 2.75) is 31.5 Å². The fourth-order valence-electron chi connectivity index (χ4n) is 2.31. The second-order valence-electron chi connectivity index (χ2n) is 5.67. The molecule has 124 valence electrons. The van der Waals surface area contributed by atoms with Crippen molar-refractivity contribution in [1.82, 2.24) is 9.97 Å². The van der Waals surface area contributed by atoms with Crippen molar-refractivity contribution in [1.29, 1.82) is 0 Å². The van der Waals surface area contributed by atoms with Gasteiger partial charge in [0.1, 0.15) is 5.82 Å². The molecule has 2 heterocycles. The molecule has 1 aliphatic heterocycles. The third-order valence-corrected chi connectivity index (χ3v) is 3.54. The molecule has 1 aromatic heterocycles. The summed E-state index contributed by atoms with van der Waals surface area (Å²) in [6.45, 7) is 1.18. The lowest BCUT2D eigenvalue weighted by atomic mass is 10.1. The van der Waals surface area contributed by atoms with Crippen LogP contribution in [0.4, 0.5) is 24.9 Å². The number of alkyl halides is 3. The maximum absolute atomic E-state index is 13.0. The molecule has 0 aromatic carbocycles. The SMILES string of the molecule is CN(C)c1cc(C(F)(F)F)nc(N(C)CC2CCCCO2)n1. The summed E-state index contributed by atoms with van der Waals surface area (Å²) in [4.78, 5) is 11.0. The first-order chi connectivity index (χ1) is 10.3. The molecule has 8 heteroatoms. The second kappa shape index (κ2) is 6.68. The first kappa shape index (κ1) is 16.8. The first-order valence-corrected chi connectivity index (χ1v) is 7.23. The Bertz CT molecular complexity index is 501. The lowest BCUT2D eigenvalue weighted by molar-refractivity contribution is -0.141. The Morgan fingerprint density at radius 1 is 1.23 bits per heavy atom. The van der Waals surface area contributed by atoms with Gasteiger partial charge in [-0.2, -0.15) is 18.2 Å². The molecule has 0 aliphatic carbocycles. The van der Waals surface area contributed by atoms with E-state index in [-0.39, 0.29) is 17.9 Å². The smallest absolute Gasteiger partial charge is 0.376 e. The highest BCUT2D eigenvalue weighted by Gasteiger charge is 2.34. The molecule has 1 aliphatic rings. The predicted molar refractivity (Wildman–Crippen MR) is 78.2 cm³/mol. The number of rotatable bonds is 4. The summed E-state index contributed by atoms with van der Waals surface area (Å²) in [7, 11) is 4.99. The molecule has 0 amide bonds. The number of nitrogens with zero attached hydrogens (tertiary/aromatic N) is 4. The van der Waals surface area contributed by atoms with Gasteiger partial charge >= 0.3 is 6.18 Å². The van der Waals surface area contributed by atoms with E-state index in [1.165, 1.54) is 4.90 Å². The van der Waals surface area contributed by atoms with E-state index in [4.69, 9.17) is 4.74 Å². The van der Waals surface area contributed by atoms with Gasteiger partial charge in [0.25, 0.3) is 0 Å². The van der Waals surface area contributed by atoms with Gasteiger partial charge in [0.15, 0.2) is 5.69 Å². The third kappa shape index (κ3) is 4.22. The Morgan fingerprint density at radius 3 is 2.50 bits per heavy atom. The van der Waals surface area contributed by atoms with Crippen LogP contribution >= 0.6 is 0 Å². The van der Waals surface area contributed by atoms with E-state index >= 15 is 0 Å². The van der Waals surface area contributed by atoms with Crippen molar-refractivity contribution < 1.29 is 17.9 Å². The maximum Gasteiger partial charge on any atom is 0.433 e. The molecule has 2 rings (SSSR count). The average Bonchev–Trinajstić information content (AvgIpc) is 2.46. The highest BCUT2D eigenvalue weighted by atomic mass is 19.4. The minimum Gasteiger partial charge on any atom is -0.376 e. The van der Waals surface area contributed by atoms with Gasteiger partial charge in [-0.05, 0) is 19.3 Å². The number of hydrogen-bond donors (Lipinski definition) is 0. The van der Waals surface area contributed by atoms with Crippen molar-refractivity contribution >= 4 is 11.8 Å². The van der Waals surface area contributed by atoms with E-state index < -0.39 is 11.9 Å². The number of hydrogen-bond acceptors (Lipinski definition) is 5. The molecular weight excluding hydrogens is 297 g/mol. The fourth-order valence-corrected chi connectivity index (χ4v) is 2.31. The molecule has 1 unspecified atom stereocenters. The monoisotopic (exact) mass is 318 g/mol. The zero-order chi connectivity index (χ0) is 16.3. The Hall–Kier alpha value is -1.57. The second-order valence-corrected chi connectivity index (χ2v) is 5.67. The van der Waals surface area contributed by atoms with Crippen LogP contribution in [0.15, 0.2) is 6.07 Å². The zero-order valence-electron chi connectivity index (χ0n) is 13.0. The van der Waals surface area contributed by atoms with Crippen molar-refractivity contribution in [2.75, 3.05) is 44.1 Å². The van der Waals surface area contributed by atoms with Crippen molar-refractivity contribution in [2.24, 2.45) is 0 Å². The largest absolute Gasteiger partial charge is 0.433 e. The standard InChI is InChI=1S/C14H21F3N4O/c1-20(2)12-8-11(14(15,16)17)18-13(19-12)21(3)9-10-6-4-5-7-22-10/h8,10H,4-7,9H2,1-3H3. The average molecular weight is 318 g/mol. The number of halogens is 3. The Balaban J connectivity index is 2.22. The summed E-state index contributed by atoms with van der Waals surface area (Å²) in [6, 6.07) is 0.953. The molecule has 1 fully saturated rings. The lowest BCUT2D eigenvalue weighted by Crippen LogP contribution is -2.34. The van der Waals surface area contributed by atoms with E-state index in [9.17, 15) is 13.2 Å². The molecule has 0 spiro atoms. The van der Waals surface area contributed by atoms with E-state index in [1.54, 1.807) is 26.0 Å². The number of ether oxygens (including phenoxy) is 1. The first-order valence-electron chi connectivity index (χ1n) is 7.23. The summed E-state index contributed by atoms with van der Waals surface area (Å²) in [6.07, 6.45) is -1.47. The van der Waals surface area contributed by atoms with E-state index in [0.29, 0.717) is 13.2 Å². The van der Waals surface area contributed by atoms with Gasteiger partial charge in [0.2, 0.25) is 5.95 Å². The molecule has 0 bridgehead atoms. The minimum atomic E-state index is -4.50. The highest BCUT2D eigenvalue weighted by molar-refractivity contribution is 5.45. The molecule has 1 saturated heterocycles. The van der Waals surface area contributed by atoms with Crippen LogP contribution in [0.2, 0.25) is 0 Å². The molecule has 0 saturated carbocycles. The highest BCUT2D eigenvalue weighted by Crippen LogP contribution is 2.30. The molecule has 1 aromatic rings. The summed E-state index contributed by atoms with van der Waals surface area (Å²) >= 11 is 0. The van der Waals surface area contributed by atoms with Gasteiger partial charge in [-0.3, -0.25) is 0 Å². The van der Waals surface area contributed by atoms with Gasteiger partial charge in [-0.15, -0.1) is 0 Å². The lowest BCUT2D eigenvalue weighted by Gasteiger charge is -2.28. The van der Waals surface area contributed by atoms with Crippen LogP contribution in [0.25, 0.3) is 0 Å². The molecule has 22 heavy (non-hydrogen) atoms.